The van der Waals surface area contributed by atoms with Crippen LogP contribution in [0.4, 0.5) is 0 Å². The molecule has 1 aliphatic carbocycles. The molecular formula is C14H30N2O. The second-order valence-electron chi connectivity index (χ2n) is 5.15. The van der Waals surface area contributed by atoms with Gasteiger partial charge >= 0.3 is 0 Å². The van der Waals surface area contributed by atoms with Crippen LogP contribution < -0.4 is 5.32 Å². The second kappa shape index (κ2) is 8.90. The van der Waals surface area contributed by atoms with Gasteiger partial charge in [-0.05, 0) is 45.4 Å². The molecule has 3 heteroatoms. The third kappa shape index (κ3) is 5.84. The fourth-order valence-corrected chi connectivity index (χ4v) is 2.66. The Kier molecular flexibility index (Phi) is 7.82. The molecule has 1 aliphatic rings. The van der Waals surface area contributed by atoms with Crippen molar-refractivity contribution < 1.29 is 5.11 Å². The van der Waals surface area contributed by atoms with Gasteiger partial charge < -0.3 is 15.3 Å². The molecule has 0 aliphatic heterocycles. The average molecular weight is 242 g/mol. The Morgan fingerprint density at radius 3 is 2.53 bits per heavy atom. The van der Waals surface area contributed by atoms with Crippen LogP contribution >= 0.6 is 0 Å². The first-order chi connectivity index (χ1) is 8.27. The Labute approximate surface area is 107 Å². The Morgan fingerprint density at radius 1 is 1.12 bits per heavy atom. The summed E-state index contributed by atoms with van der Waals surface area (Å²) in [4.78, 5) is 2.45. The molecule has 0 saturated heterocycles. The van der Waals surface area contributed by atoms with Gasteiger partial charge in [-0.1, -0.05) is 33.1 Å². The van der Waals surface area contributed by atoms with Crippen molar-refractivity contribution in [2.45, 2.75) is 64.5 Å². The summed E-state index contributed by atoms with van der Waals surface area (Å²) in [5.74, 6) is 0. The highest BCUT2D eigenvalue weighted by Crippen LogP contribution is 2.17. The molecule has 0 aromatic heterocycles. The topological polar surface area (TPSA) is 35.5 Å². The van der Waals surface area contributed by atoms with Gasteiger partial charge in [0.2, 0.25) is 0 Å². The zero-order valence-electron chi connectivity index (χ0n) is 11.6. The Bertz CT molecular complexity index is 183. The van der Waals surface area contributed by atoms with Gasteiger partial charge in [-0.25, -0.2) is 0 Å². The van der Waals surface area contributed by atoms with Crippen molar-refractivity contribution in [1.82, 2.24) is 10.2 Å². The molecule has 2 N–H and O–H groups in total. The molecule has 3 nitrogen and oxygen atoms in total. The van der Waals surface area contributed by atoms with Crippen molar-refractivity contribution in [2.24, 2.45) is 0 Å². The first-order valence-electron chi connectivity index (χ1n) is 7.41. The van der Waals surface area contributed by atoms with E-state index in [-0.39, 0.29) is 6.10 Å². The monoisotopic (exact) mass is 242 g/mol. The van der Waals surface area contributed by atoms with Crippen molar-refractivity contribution in [3.05, 3.63) is 0 Å². The van der Waals surface area contributed by atoms with Crippen molar-refractivity contribution in [2.75, 3.05) is 26.2 Å². The maximum Gasteiger partial charge on any atom is 0.0693 e. The minimum absolute atomic E-state index is 0.119. The van der Waals surface area contributed by atoms with E-state index in [0.717, 1.165) is 32.5 Å². The molecule has 0 heterocycles. The van der Waals surface area contributed by atoms with Crippen LogP contribution in [0.25, 0.3) is 0 Å². The lowest BCUT2D eigenvalue weighted by molar-refractivity contribution is 0.119. The first kappa shape index (κ1) is 14.9. The lowest BCUT2D eigenvalue weighted by atomic mass is 10.1. The Hall–Kier alpha value is -0.120. The summed E-state index contributed by atoms with van der Waals surface area (Å²) in [6.45, 7) is 8.92. The lowest BCUT2D eigenvalue weighted by Crippen LogP contribution is -2.40. The van der Waals surface area contributed by atoms with Crippen LogP contribution in [0.5, 0.6) is 0 Å². The van der Waals surface area contributed by atoms with Crippen molar-refractivity contribution in [3.63, 3.8) is 0 Å². The van der Waals surface area contributed by atoms with Crippen LogP contribution in [0.1, 0.15) is 52.4 Å². The van der Waals surface area contributed by atoms with E-state index in [1.807, 2.05) is 0 Å². The predicted octanol–water partition coefficient (Wildman–Crippen LogP) is 2.00. The second-order valence-corrected chi connectivity index (χ2v) is 5.15. The van der Waals surface area contributed by atoms with Crippen LogP contribution in [0, 0.1) is 0 Å². The molecule has 0 amide bonds. The lowest BCUT2D eigenvalue weighted by Gasteiger charge is -2.23. The van der Waals surface area contributed by atoms with E-state index in [2.05, 4.69) is 24.1 Å². The van der Waals surface area contributed by atoms with Crippen LogP contribution in [-0.2, 0) is 0 Å². The zero-order valence-corrected chi connectivity index (χ0v) is 11.6. The van der Waals surface area contributed by atoms with Gasteiger partial charge in [0.15, 0.2) is 0 Å². The van der Waals surface area contributed by atoms with E-state index in [1.54, 1.807) is 0 Å². The van der Waals surface area contributed by atoms with E-state index in [9.17, 15) is 5.11 Å². The highest BCUT2D eigenvalue weighted by molar-refractivity contribution is 4.78. The molecular weight excluding hydrogens is 212 g/mol. The summed E-state index contributed by atoms with van der Waals surface area (Å²) in [7, 11) is 0. The normalized spacial score (nSPS) is 26.1. The largest absolute Gasteiger partial charge is 0.392 e. The number of aliphatic hydroxyl groups is 1. The van der Waals surface area contributed by atoms with E-state index in [0.29, 0.717) is 6.04 Å². The van der Waals surface area contributed by atoms with Crippen LogP contribution in [0.15, 0.2) is 0 Å². The highest BCUT2D eigenvalue weighted by Gasteiger charge is 2.20. The maximum absolute atomic E-state index is 9.98. The molecule has 1 rings (SSSR count). The Balaban J connectivity index is 2.12. The van der Waals surface area contributed by atoms with E-state index >= 15 is 0 Å². The summed E-state index contributed by atoms with van der Waals surface area (Å²) in [6, 6.07) is 0.342. The molecule has 102 valence electrons. The third-order valence-corrected chi connectivity index (χ3v) is 3.93. The number of nitrogens with one attached hydrogen (secondary N) is 1. The van der Waals surface area contributed by atoms with Crippen LogP contribution in [-0.4, -0.2) is 48.3 Å². The van der Waals surface area contributed by atoms with Gasteiger partial charge in [0.25, 0.3) is 0 Å². The molecule has 0 bridgehead atoms. The summed E-state index contributed by atoms with van der Waals surface area (Å²) in [6.07, 6.45) is 6.94. The number of nitrogens with zero attached hydrogens (tertiary/aromatic N) is 1. The van der Waals surface area contributed by atoms with E-state index in [1.165, 1.54) is 32.2 Å². The SMILES string of the molecule is CCN(CC)CCCNC1CCCCCC1O. The van der Waals surface area contributed by atoms with Gasteiger partial charge in [-0.15, -0.1) is 0 Å². The number of hydrogen-bond donors (Lipinski definition) is 2. The quantitative estimate of drug-likeness (QED) is 0.529. The summed E-state index contributed by atoms with van der Waals surface area (Å²) in [5.41, 5.74) is 0. The van der Waals surface area contributed by atoms with Crippen molar-refractivity contribution >= 4 is 0 Å². The number of aliphatic hydroxyl groups excluding tert-OH is 1. The highest BCUT2D eigenvalue weighted by atomic mass is 16.3. The zero-order chi connectivity index (χ0) is 12.5. The molecule has 0 aromatic carbocycles. The third-order valence-electron chi connectivity index (χ3n) is 3.93. The molecule has 0 aromatic rings. The van der Waals surface area contributed by atoms with Crippen LogP contribution in [0.3, 0.4) is 0 Å². The fraction of sp³-hybridized carbons (Fsp3) is 1.00. The van der Waals surface area contributed by atoms with Gasteiger partial charge in [0, 0.05) is 6.04 Å². The van der Waals surface area contributed by atoms with Gasteiger partial charge in [0.1, 0.15) is 0 Å². The van der Waals surface area contributed by atoms with E-state index < -0.39 is 0 Å². The van der Waals surface area contributed by atoms with E-state index in [4.69, 9.17) is 0 Å². The molecule has 1 saturated carbocycles. The van der Waals surface area contributed by atoms with Gasteiger partial charge in [0.05, 0.1) is 6.10 Å². The average Bonchev–Trinajstić information content (AvgIpc) is 2.55. The Morgan fingerprint density at radius 2 is 1.82 bits per heavy atom. The fourth-order valence-electron chi connectivity index (χ4n) is 2.66. The predicted molar refractivity (Wildman–Crippen MR) is 73.3 cm³/mol. The molecule has 2 atom stereocenters. The molecule has 1 fully saturated rings. The number of rotatable bonds is 7. The molecule has 17 heavy (non-hydrogen) atoms. The van der Waals surface area contributed by atoms with Crippen molar-refractivity contribution in [1.29, 1.82) is 0 Å². The van der Waals surface area contributed by atoms with Gasteiger partial charge in [-0.2, -0.15) is 0 Å². The summed E-state index contributed by atoms with van der Waals surface area (Å²) >= 11 is 0. The molecule has 0 radical (unpaired) electrons. The summed E-state index contributed by atoms with van der Waals surface area (Å²) < 4.78 is 0. The van der Waals surface area contributed by atoms with Crippen LogP contribution in [0.2, 0.25) is 0 Å². The molecule has 2 unspecified atom stereocenters. The van der Waals surface area contributed by atoms with Crippen molar-refractivity contribution in [3.8, 4) is 0 Å². The minimum Gasteiger partial charge on any atom is -0.392 e. The minimum atomic E-state index is -0.119. The summed E-state index contributed by atoms with van der Waals surface area (Å²) in [5, 5.41) is 13.5. The smallest absolute Gasteiger partial charge is 0.0693 e. The standard InChI is InChI=1S/C14H30N2O/c1-3-16(4-2)12-8-11-15-13-9-6-5-7-10-14(13)17/h13-15,17H,3-12H2,1-2H3. The maximum atomic E-state index is 9.98. The van der Waals surface area contributed by atoms with Gasteiger partial charge in [-0.3, -0.25) is 0 Å². The molecule has 0 spiro atoms. The number of hydrogen-bond acceptors (Lipinski definition) is 3. The first-order valence-corrected chi connectivity index (χ1v) is 7.41.